The van der Waals surface area contributed by atoms with Crippen LogP contribution in [0.3, 0.4) is 0 Å². The van der Waals surface area contributed by atoms with Gasteiger partial charge in [0, 0.05) is 35.2 Å². The number of fused-ring (bicyclic) bond motifs is 1. The van der Waals surface area contributed by atoms with Gasteiger partial charge in [-0.05, 0) is 30.7 Å². The average molecular weight is 300 g/mol. The molecule has 0 saturated heterocycles. The molecule has 0 amide bonds. The van der Waals surface area contributed by atoms with Crippen molar-refractivity contribution in [2.45, 2.75) is 56.5 Å². The summed E-state index contributed by atoms with van der Waals surface area (Å²) in [5.74, 6) is 0.599. The van der Waals surface area contributed by atoms with Crippen molar-refractivity contribution < 1.29 is 4.79 Å². The number of carbonyl (C=O) groups excluding carboxylic acids is 1. The lowest BCUT2D eigenvalue weighted by Crippen LogP contribution is -2.41. The largest absolute Gasteiger partial charge is 0.383 e. The molecule has 3 atom stereocenters. The summed E-state index contributed by atoms with van der Waals surface area (Å²) < 4.78 is 0. The van der Waals surface area contributed by atoms with Gasteiger partial charge < -0.3 is 5.32 Å². The normalized spacial score (nSPS) is 32.2. The maximum absolute atomic E-state index is 12.5. The van der Waals surface area contributed by atoms with Crippen LogP contribution in [0.5, 0.6) is 0 Å². The molecule has 3 nitrogen and oxygen atoms in total. The zero-order valence-corrected chi connectivity index (χ0v) is 12.9. The van der Waals surface area contributed by atoms with E-state index in [0.717, 1.165) is 24.1 Å². The first-order valence-corrected chi connectivity index (χ1v) is 8.78. The second-order valence-electron chi connectivity index (χ2n) is 6.32. The van der Waals surface area contributed by atoms with Gasteiger partial charge in [-0.25, -0.2) is 0 Å². The SMILES string of the molecule is O=C1C[C@H](c2cccs2)CC2=C1C=N[C@H]1CCCC[C@@H]1N2. The van der Waals surface area contributed by atoms with Gasteiger partial charge in [0.2, 0.25) is 0 Å². The van der Waals surface area contributed by atoms with Crippen LogP contribution in [0.2, 0.25) is 0 Å². The topological polar surface area (TPSA) is 41.5 Å². The van der Waals surface area contributed by atoms with Gasteiger partial charge in [0.25, 0.3) is 0 Å². The zero-order valence-electron chi connectivity index (χ0n) is 12.0. The number of hydrogen-bond acceptors (Lipinski definition) is 4. The Balaban J connectivity index is 1.63. The van der Waals surface area contributed by atoms with E-state index in [1.165, 1.54) is 24.1 Å². The Morgan fingerprint density at radius 2 is 2.14 bits per heavy atom. The number of aliphatic imine (C=N–C) groups is 1. The van der Waals surface area contributed by atoms with Crippen molar-refractivity contribution in [3.8, 4) is 0 Å². The molecule has 1 aromatic rings. The van der Waals surface area contributed by atoms with E-state index < -0.39 is 0 Å². The number of nitrogens with one attached hydrogen (secondary N) is 1. The molecule has 0 bridgehead atoms. The maximum atomic E-state index is 12.5. The van der Waals surface area contributed by atoms with Crippen LogP contribution in [0, 0.1) is 0 Å². The van der Waals surface area contributed by atoms with Gasteiger partial charge in [0.1, 0.15) is 0 Å². The second-order valence-corrected chi connectivity index (χ2v) is 7.30. The van der Waals surface area contributed by atoms with Crippen molar-refractivity contribution >= 4 is 23.3 Å². The molecule has 1 saturated carbocycles. The fourth-order valence-electron chi connectivity index (χ4n) is 3.79. The van der Waals surface area contributed by atoms with Crippen LogP contribution in [-0.2, 0) is 4.79 Å². The van der Waals surface area contributed by atoms with E-state index in [1.54, 1.807) is 11.3 Å². The monoisotopic (exact) mass is 300 g/mol. The number of thiophene rings is 1. The van der Waals surface area contributed by atoms with Crippen LogP contribution in [0.4, 0.5) is 0 Å². The first kappa shape index (κ1) is 13.3. The van der Waals surface area contributed by atoms with Crippen molar-refractivity contribution in [2.75, 3.05) is 0 Å². The van der Waals surface area contributed by atoms with E-state index in [9.17, 15) is 4.79 Å². The minimum Gasteiger partial charge on any atom is -0.383 e. The summed E-state index contributed by atoms with van der Waals surface area (Å²) in [6, 6.07) is 5.02. The minimum atomic E-state index is 0.254. The van der Waals surface area contributed by atoms with Gasteiger partial charge in [-0.1, -0.05) is 18.9 Å². The Kier molecular flexibility index (Phi) is 3.42. The van der Waals surface area contributed by atoms with Gasteiger partial charge in [0.15, 0.2) is 5.78 Å². The molecule has 1 N–H and O–H groups in total. The molecule has 4 rings (SSSR count). The van der Waals surface area contributed by atoms with E-state index in [-0.39, 0.29) is 5.78 Å². The predicted molar refractivity (Wildman–Crippen MR) is 86.0 cm³/mol. The maximum Gasteiger partial charge on any atom is 0.166 e. The van der Waals surface area contributed by atoms with E-state index in [2.05, 4.69) is 22.8 Å². The standard InChI is InChI=1S/C17H20N2OS/c20-16-9-11(17-6-3-7-21-17)8-15-12(16)10-18-13-4-1-2-5-14(13)19-15/h3,6-7,10-11,13-14,19H,1-2,4-5,8-9H2/t11-,13+,14+/m1/s1. The van der Waals surface area contributed by atoms with E-state index in [1.807, 2.05) is 6.21 Å². The molecule has 110 valence electrons. The highest BCUT2D eigenvalue weighted by molar-refractivity contribution is 7.10. The Morgan fingerprint density at radius 1 is 1.24 bits per heavy atom. The lowest BCUT2D eigenvalue weighted by molar-refractivity contribution is -0.115. The number of ketones is 1. The third-order valence-corrected chi connectivity index (χ3v) is 5.97. The van der Waals surface area contributed by atoms with Crippen LogP contribution in [0.15, 0.2) is 33.8 Å². The van der Waals surface area contributed by atoms with Gasteiger partial charge in [-0.3, -0.25) is 9.79 Å². The first-order chi connectivity index (χ1) is 10.3. The summed E-state index contributed by atoms with van der Waals surface area (Å²) in [4.78, 5) is 18.5. The molecule has 1 aliphatic heterocycles. The summed E-state index contributed by atoms with van der Waals surface area (Å²) in [6.45, 7) is 0. The second kappa shape index (κ2) is 5.41. The van der Waals surface area contributed by atoms with Crippen molar-refractivity contribution in [2.24, 2.45) is 4.99 Å². The molecule has 2 aliphatic carbocycles. The lowest BCUT2D eigenvalue weighted by Gasteiger charge is -2.32. The van der Waals surface area contributed by atoms with E-state index in [0.29, 0.717) is 24.4 Å². The van der Waals surface area contributed by atoms with E-state index >= 15 is 0 Å². The van der Waals surface area contributed by atoms with Crippen molar-refractivity contribution in [3.05, 3.63) is 33.7 Å². The highest BCUT2D eigenvalue weighted by atomic mass is 32.1. The summed E-state index contributed by atoms with van der Waals surface area (Å²) in [5, 5.41) is 5.78. The van der Waals surface area contributed by atoms with Crippen molar-refractivity contribution in [1.29, 1.82) is 0 Å². The lowest BCUT2D eigenvalue weighted by atomic mass is 9.85. The van der Waals surface area contributed by atoms with Gasteiger partial charge >= 0.3 is 0 Å². The highest BCUT2D eigenvalue weighted by Crippen LogP contribution is 2.37. The summed E-state index contributed by atoms with van der Waals surface area (Å²) in [5.41, 5.74) is 1.99. The molecule has 3 aliphatic rings. The third kappa shape index (κ3) is 2.46. The Morgan fingerprint density at radius 3 is 3.00 bits per heavy atom. The minimum absolute atomic E-state index is 0.254. The number of allylic oxidation sites excluding steroid dienone is 2. The number of Topliss-reactive ketones (excluding diaryl/α,β-unsaturated/α-hetero) is 1. The molecule has 0 spiro atoms. The van der Waals surface area contributed by atoms with Gasteiger partial charge in [0.05, 0.1) is 11.6 Å². The predicted octanol–water partition coefficient (Wildman–Crippen LogP) is 3.43. The van der Waals surface area contributed by atoms with Crippen LogP contribution in [0.1, 0.15) is 49.3 Å². The van der Waals surface area contributed by atoms with Crippen LogP contribution in [0.25, 0.3) is 0 Å². The summed E-state index contributed by atoms with van der Waals surface area (Å²) in [6.07, 6.45) is 8.31. The van der Waals surface area contributed by atoms with E-state index in [4.69, 9.17) is 4.99 Å². The molecular formula is C17H20N2OS. The Labute approximate surface area is 129 Å². The number of hydrogen-bond donors (Lipinski definition) is 1. The Hall–Kier alpha value is -1.42. The molecule has 21 heavy (non-hydrogen) atoms. The number of carbonyl (C=O) groups is 1. The highest BCUT2D eigenvalue weighted by Gasteiger charge is 2.33. The van der Waals surface area contributed by atoms with Crippen molar-refractivity contribution in [1.82, 2.24) is 5.32 Å². The molecular weight excluding hydrogens is 280 g/mol. The van der Waals surface area contributed by atoms with Crippen LogP contribution < -0.4 is 5.32 Å². The Bertz CT molecular complexity index is 602. The number of rotatable bonds is 1. The molecule has 0 radical (unpaired) electrons. The molecule has 4 heteroatoms. The number of nitrogens with zero attached hydrogens (tertiary/aromatic N) is 1. The van der Waals surface area contributed by atoms with Gasteiger partial charge in [-0.15, -0.1) is 11.3 Å². The fraction of sp³-hybridized carbons (Fsp3) is 0.529. The van der Waals surface area contributed by atoms with Crippen LogP contribution >= 0.6 is 11.3 Å². The molecule has 0 unspecified atom stereocenters. The molecule has 2 heterocycles. The smallest absolute Gasteiger partial charge is 0.166 e. The zero-order chi connectivity index (χ0) is 14.2. The summed E-state index contributed by atoms with van der Waals surface area (Å²) >= 11 is 1.76. The molecule has 1 aromatic heterocycles. The third-order valence-electron chi connectivity index (χ3n) is 4.94. The first-order valence-electron chi connectivity index (χ1n) is 7.91. The molecule has 0 aromatic carbocycles. The van der Waals surface area contributed by atoms with Crippen molar-refractivity contribution in [3.63, 3.8) is 0 Å². The average Bonchev–Trinajstić information content (AvgIpc) is 2.95. The fourth-order valence-corrected chi connectivity index (χ4v) is 4.62. The van der Waals surface area contributed by atoms with Gasteiger partial charge in [-0.2, -0.15) is 0 Å². The molecule has 1 fully saturated rings. The van der Waals surface area contributed by atoms with Crippen LogP contribution in [-0.4, -0.2) is 24.1 Å². The quantitative estimate of drug-likeness (QED) is 0.863. The summed E-state index contributed by atoms with van der Waals surface area (Å²) in [7, 11) is 0.